The summed E-state index contributed by atoms with van der Waals surface area (Å²) in [6, 6.07) is 24.6. The van der Waals surface area contributed by atoms with Gasteiger partial charge in [0.05, 0.1) is 5.69 Å². The lowest BCUT2D eigenvalue weighted by atomic mass is 9.97. The molecule has 6 rings (SSSR count). The summed E-state index contributed by atoms with van der Waals surface area (Å²) in [6.45, 7) is 6.87. The van der Waals surface area contributed by atoms with Gasteiger partial charge in [-0.2, -0.15) is 5.26 Å². The number of likely N-dealkylation sites (N-methyl/N-ethyl adjacent to an activating group) is 1. The van der Waals surface area contributed by atoms with Crippen molar-refractivity contribution in [2.75, 3.05) is 49.1 Å². The average Bonchev–Trinajstić information content (AvgIpc) is 3.01. The highest BCUT2D eigenvalue weighted by Crippen LogP contribution is 2.40. The largest absolute Gasteiger partial charge is 0.466 e. The first kappa shape index (κ1) is 25.5. The molecule has 40 heavy (non-hydrogen) atoms. The van der Waals surface area contributed by atoms with Crippen LogP contribution in [0.15, 0.2) is 72.9 Å². The Kier molecular flexibility index (Phi) is 7.08. The molecule has 9 heteroatoms. The van der Waals surface area contributed by atoms with E-state index in [-0.39, 0.29) is 18.3 Å². The maximum Gasteiger partial charge on any atom is 0.265 e. The van der Waals surface area contributed by atoms with E-state index in [0.29, 0.717) is 18.1 Å². The van der Waals surface area contributed by atoms with Crippen molar-refractivity contribution in [2.24, 2.45) is 0 Å². The number of benzene rings is 2. The summed E-state index contributed by atoms with van der Waals surface area (Å²) in [5, 5.41) is 9.09. The Morgan fingerprint density at radius 2 is 1.73 bits per heavy atom. The summed E-state index contributed by atoms with van der Waals surface area (Å²) in [6.07, 6.45) is 1.64. The minimum absolute atomic E-state index is 0.000868. The van der Waals surface area contributed by atoms with E-state index in [9.17, 15) is 4.79 Å². The number of nitriles is 1. The van der Waals surface area contributed by atoms with E-state index in [2.05, 4.69) is 56.2 Å². The third kappa shape index (κ3) is 5.09. The number of ether oxygens (including phenoxy) is 1. The number of hydrogen-bond acceptors (Lipinski definition) is 8. The summed E-state index contributed by atoms with van der Waals surface area (Å²) < 4.78 is 5.76. The molecule has 0 saturated carbocycles. The number of carbonyl (C=O) groups is 1. The Labute approximate surface area is 233 Å². The van der Waals surface area contributed by atoms with Crippen LogP contribution in [-0.4, -0.2) is 65.1 Å². The van der Waals surface area contributed by atoms with Crippen molar-refractivity contribution >= 4 is 17.4 Å². The number of pyridine rings is 1. The number of nitrogens with zero attached hydrogens (tertiary/aromatic N) is 7. The number of aromatic nitrogens is 3. The lowest BCUT2D eigenvalue weighted by Gasteiger charge is -2.35. The normalized spacial score (nSPS) is 15.3. The summed E-state index contributed by atoms with van der Waals surface area (Å²) in [4.78, 5) is 32.0. The molecule has 2 aromatic carbocycles. The molecule has 4 heterocycles. The third-order valence-corrected chi connectivity index (χ3v) is 7.36. The van der Waals surface area contributed by atoms with E-state index in [0.717, 1.165) is 60.9 Å². The number of fused-ring (bicyclic) bond motifs is 1. The molecule has 1 amide bonds. The molecule has 0 bridgehead atoms. The number of anilines is 2. The van der Waals surface area contributed by atoms with Crippen LogP contribution in [0.1, 0.15) is 18.3 Å². The molecule has 1 fully saturated rings. The number of rotatable bonds is 6. The van der Waals surface area contributed by atoms with Gasteiger partial charge in [0, 0.05) is 56.6 Å². The third-order valence-electron chi connectivity index (χ3n) is 7.36. The first-order valence-corrected chi connectivity index (χ1v) is 13.5. The molecule has 0 aliphatic carbocycles. The second-order valence-corrected chi connectivity index (χ2v) is 9.81. The van der Waals surface area contributed by atoms with E-state index >= 15 is 0 Å². The monoisotopic (exact) mass is 531 g/mol. The van der Waals surface area contributed by atoms with Gasteiger partial charge in [0.25, 0.3) is 5.91 Å². The molecular formula is C31H29N7O2. The van der Waals surface area contributed by atoms with E-state index in [1.165, 1.54) is 5.56 Å². The van der Waals surface area contributed by atoms with Crippen LogP contribution in [0.5, 0.6) is 5.88 Å². The van der Waals surface area contributed by atoms with Crippen molar-refractivity contribution < 1.29 is 9.53 Å². The summed E-state index contributed by atoms with van der Waals surface area (Å²) in [7, 11) is 0. The van der Waals surface area contributed by atoms with Gasteiger partial charge < -0.3 is 14.5 Å². The molecule has 0 radical (unpaired) electrons. The van der Waals surface area contributed by atoms with Crippen molar-refractivity contribution in [3.05, 3.63) is 84.3 Å². The Hall–Kier alpha value is -4.81. The highest BCUT2D eigenvalue weighted by molar-refractivity contribution is 5.99. The summed E-state index contributed by atoms with van der Waals surface area (Å²) >= 11 is 0. The fraction of sp³-hybridized carbons (Fsp3) is 0.258. The fourth-order valence-corrected chi connectivity index (χ4v) is 5.27. The smallest absolute Gasteiger partial charge is 0.265 e. The Morgan fingerprint density at radius 3 is 2.45 bits per heavy atom. The number of piperazine rings is 1. The maximum atomic E-state index is 12.5. The van der Waals surface area contributed by atoms with Crippen LogP contribution in [0, 0.1) is 11.3 Å². The maximum absolute atomic E-state index is 12.5. The van der Waals surface area contributed by atoms with E-state index in [4.69, 9.17) is 15.0 Å². The van der Waals surface area contributed by atoms with E-state index in [1.54, 1.807) is 11.1 Å². The van der Waals surface area contributed by atoms with Gasteiger partial charge in [0.15, 0.2) is 6.61 Å². The minimum atomic E-state index is -0.0577. The van der Waals surface area contributed by atoms with Crippen LogP contribution in [0.25, 0.3) is 22.4 Å². The van der Waals surface area contributed by atoms with Gasteiger partial charge in [0.2, 0.25) is 11.7 Å². The zero-order valence-electron chi connectivity index (χ0n) is 22.3. The second-order valence-electron chi connectivity index (χ2n) is 9.81. The van der Waals surface area contributed by atoms with Crippen molar-refractivity contribution in [3.63, 3.8) is 0 Å². The second kappa shape index (κ2) is 11.1. The highest BCUT2D eigenvalue weighted by Gasteiger charge is 2.28. The molecule has 2 aliphatic rings. The predicted molar refractivity (Wildman–Crippen MR) is 153 cm³/mol. The highest BCUT2D eigenvalue weighted by atomic mass is 16.5. The molecule has 2 aliphatic heterocycles. The van der Waals surface area contributed by atoms with E-state index in [1.807, 2.05) is 43.3 Å². The standard InChI is InChI=1S/C31H29N7O2/c1-2-38-26-18-25(23-6-4-3-5-7-23)30(35-31(26)40-21-29(38)39)24-10-8-22(9-11-24)20-36-14-16-37(17-15-36)28-12-13-33-27(19-32)34-28/h3-13,18H,2,14-17,20-21H2,1H3. The molecule has 9 nitrogen and oxygen atoms in total. The van der Waals surface area contributed by atoms with Gasteiger partial charge in [-0.3, -0.25) is 9.69 Å². The van der Waals surface area contributed by atoms with Gasteiger partial charge >= 0.3 is 0 Å². The van der Waals surface area contributed by atoms with Crippen molar-refractivity contribution in [1.29, 1.82) is 5.26 Å². The quantitative estimate of drug-likeness (QED) is 0.366. The zero-order chi connectivity index (χ0) is 27.5. The average molecular weight is 532 g/mol. The Morgan fingerprint density at radius 1 is 0.950 bits per heavy atom. The van der Waals surface area contributed by atoms with Crippen molar-refractivity contribution in [3.8, 4) is 34.3 Å². The van der Waals surface area contributed by atoms with Gasteiger partial charge in [-0.25, -0.2) is 15.0 Å². The van der Waals surface area contributed by atoms with Crippen LogP contribution in [-0.2, 0) is 11.3 Å². The van der Waals surface area contributed by atoms with Crippen molar-refractivity contribution in [2.45, 2.75) is 13.5 Å². The minimum Gasteiger partial charge on any atom is -0.466 e. The van der Waals surface area contributed by atoms with Crippen LogP contribution in [0.3, 0.4) is 0 Å². The molecule has 0 spiro atoms. The predicted octanol–water partition coefficient (Wildman–Crippen LogP) is 4.14. The number of amides is 1. The fourth-order valence-electron chi connectivity index (χ4n) is 5.27. The molecule has 0 N–H and O–H groups in total. The van der Waals surface area contributed by atoms with Crippen molar-refractivity contribution in [1.82, 2.24) is 19.9 Å². The molecule has 0 atom stereocenters. The molecular weight excluding hydrogens is 502 g/mol. The van der Waals surface area contributed by atoms with Crippen LogP contribution < -0.4 is 14.5 Å². The Bertz CT molecular complexity index is 1560. The first-order chi connectivity index (χ1) is 19.6. The van der Waals surface area contributed by atoms with Gasteiger partial charge in [-0.05, 0) is 30.2 Å². The van der Waals surface area contributed by atoms with Gasteiger partial charge in [-0.15, -0.1) is 0 Å². The molecule has 200 valence electrons. The molecule has 4 aromatic rings. The number of carbonyl (C=O) groups excluding carboxylic acids is 1. The zero-order valence-corrected chi connectivity index (χ0v) is 22.3. The lowest BCUT2D eigenvalue weighted by Crippen LogP contribution is -2.46. The number of hydrogen-bond donors (Lipinski definition) is 0. The van der Waals surface area contributed by atoms with Crippen LogP contribution in [0.2, 0.25) is 0 Å². The van der Waals surface area contributed by atoms with Crippen LogP contribution in [0.4, 0.5) is 11.5 Å². The van der Waals surface area contributed by atoms with E-state index < -0.39 is 0 Å². The summed E-state index contributed by atoms with van der Waals surface area (Å²) in [5.41, 5.74) is 5.76. The van der Waals surface area contributed by atoms with Gasteiger partial charge in [-0.1, -0.05) is 54.6 Å². The summed E-state index contributed by atoms with van der Waals surface area (Å²) in [5.74, 6) is 1.44. The topological polar surface area (TPSA) is 98.5 Å². The molecule has 0 unspecified atom stereocenters. The Balaban J connectivity index is 1.21. The van der Waals surface area contributed by atoms with Gasteiger partial charge in [0.1, 0.15) is 17.6 Å². The molecule has 2 aromatic heterocycles. The molecule has 1 saturated heterocycles. The SMILES string of the molecule is CCN1C(=O)COc2nc(-c3ccc(CN4CCN(c5ccnc(C#N)n5)CC4)cc3)c(-c3ccccc3)cc21. The first-order valence-electron chi connectivity index (χ1n) is 13.5. The lowest BCUT2D eigenvalue weighted by molar-refractivity contribution is -0.121. The van der Waals surface area contributed by atoms with Crippen LogP contribution >= 0.6 is 0 Å².